The van der Waals surface area contributed by atoms with E-state index in [9.17, 15) is 9.59 Å². The molecule has 2 rings (SSSR count). The molecule has 0 spiro atoms. The monoisotopic (exact) mass is 406 g/mol. The van der Waals surface area contributed by atoms with Crippen molar-refractivity contribution in [2.45, 2.75) is 6.42 Å². The molecule has 0 atom stereocenters. The first-order chi connectivity index (χ1) is 13.0. The average Bonchev–Trinajstić information content (AvgIpc) is 2.65. The molecule has 27 heavy (non-hydrogen) atoms. The summed E-state index contributed by atoms with van der Waals surface area (Å²) >= 11 is 11.9. The van der Waals surface area contributed by atoms with Gasteiger partial charge in [-0.05, 0) is 42.3 Å². The van der Waals surface area contributed by atoms with Gasteiger partial charge in [0, 0.05) is 36.4 Å². The van der Waals surface area contributed by atoms with Crippen LogP contribution in [0.4, 0.5) is 5.69 Å². The van der Waals surface area contributed by atoms with Gasteiger partial charge >= 0.3 is 0 Å². The highest BCUT2D eigenvalue weighted by molar-refractivity contribution is 6.35. The molecule has 2 aromatic carbocycles. The standard InChI is InChI=1S/C20H20Cl2N2O3/c1-27-12-4-11-23-20(26)16-5-2-3-6-18(16)24-19(25)10-8-14-7-9-15(21)13-17(14)22/h2-3,5-10,13H,4,11-12H2,1H3,(H,23,26)(H,24,25)/b10-8+. The molecule has 142 valence electrons. The van der Waals surface area contributed by atoms with Crippen LogP contribution in [-0.2, 0) is 9.53 Å². The van der Waals surface area contributed by atoms with E-state index in [1.165, 1.54) is 6.08 Å². The van der Waals surface area contributed by atoms with Gasteiger partial charge in [0.25, 0.3) is 5.91 Å². The molecule has 0 aliphatic heterocycles. The highest BCUT2D eigenvalue weighted by Gasteiger charge is 2.11. The predicted molar refractivity (Wildman–Crippen MR) is 109 cm³/mol. The number of benzene rings is 2. The second-order valence-corrected chi connectivity index (χ2v) is 6.48. The average molecular weight is 407 g/mol. The van der Waals surface area contributed by atoms with Crippen LogP contribution >= 0.6 is 23.2 Å². The Morgan fingerprint density at radius 1 is 1.15 bits per heavy atom. The number of rotatable bonds is 8. The minimum Gasteiger partial charge on any atom is -0.385 e. The zero-order valence-corrected chi connectivity index (χ0v) is 16.3. The fourth-order valence-corrected chi connectivity index (χ4v) is 2.75. The second-order valence-electron chi connectivity index (χ2n) is 5.64. The summed E-state index contributed by atoms with van der Waals surface area (Å²) in [6.07, 6.45) is 3.64. The van der Waals surface area contributed by atoms with Crippen LogP contribution in [0.3, 0.4) is 0 Å². The van der Waals surface area contributed by atoms with Crippen molar-refractivity contribution in [1.82, 2.24) is 5.32 Å². The lowest BCUT2D eigenvalue weighted by Crippen LogP contribution is -2.26. The summed E-state index contributed by atoms with van der Waals surface area (Å²) in [4.78, 5) is 24.5. The Bertz CT molecular complexity index is 838. The topological polar surface area (TPSA) is 67.4 Å². The summed E-state index contributed by atoms with van der Waals surface area (Å²) < 4.78 is 4.95. The van der Waals surface area contributed by atoms with Crippen LogP contribution in [-0.4, -0.2) is 32.1 Å². The number of hydrogen-bond donors (Lipinski definition) is 2. The molecular formula is C20H20Cl2N2O3. The normalized spacial score (nSPS) is 10.8. The van der Waals surface area contributed by atoms with Crippen LogP contribution in [0, 0.1) is 0 Å². The van der Waals surface area contributed by atoms with E-state index >= 15 is 0 Å². The number of methoxy groups -OCH3 is 1. The number of anilines is 1. The van der Waals surface area contributed by atoms with Crippen LogP contribution in [0.15, 0.2) is 48.5 Å². The van der Waals surface area contributed by atoms with Gasteiger partial charge in [-0.2, -0.15) is 0 Å². The molecule has 0 bridgehead atoms. The van der Waals surface area contributed by atoms with Gasteiger partial charge in [0.15, 0.2) is 0 Å². The van der Waals surface area contributed by atoms with Crippen LogP contribution in [0.25, 0.3) is 6.08 Å². The Labute approximate surface area is 168 Å². The molecule has 2 amide bonds. The number of carbonyl (C=O) groups is 2. The molecule has 0 aliphatic rings. The van der Waals surface area contributed by atoms with Crippen molar-refractivity contribution in [1.29, 1.82) is 0 Å². The van der Waals surface area contributed by atoms with Gasteiger partial charge in [-0.15, -0.1) is 0 Å². The molecule has 5 nitrogen and oxygen atoms in total. The van der Waals surface area contributed by atoms with E-state index in [1.54, 1.807) is 55.7 Å². The van der Waals surface area contributed by atoms with Crippen molar-refractivity contribution in [2.75, 3.05) is 25.6 Å². The maximum absolute atomic E-state index is 12.3. The van der Waals surface area contributed by atoms with Crippen molar-refractivity contribution in [3.63, 3.8) is 0 Å². The first-order valence-corrected chi connectivity index (χ1v) is 9.07. The number of nitrogens with one attached hydrogen (secondary N) is 2. The molecule has 0 unspecified atom stereocenters. The molecule has 0 heterocycles. The Morgan fingerprint density at radius 2 is 1.93 bits per heavy atom. The highest BCUT2D eigenvalue weighted by atomic mass is 35.5. The summed E-state index contributed by atoms with van der Waals surface area (Å²) in [6.45, 7) is 1.06. The van der Waals surface area contributed by atoms with Crippen molar-refractivity contribution in [3.05, 3.63) is 69.7 Å². The molecule has 2 N–H and O–H groups in total. The van der Waals surface area contributed by atoms with Crippen LogP contribution in [0.1, 0.15) is 22.3 Å². The fourth-order valence-electron chi connectivity index (χ4n) is 2.28. The smallest absolute Gasteiger partial charge is 0.253 e. The third kappa shape index (κ3) is 6.71. The van der Waals surface area contributed by atoms with Crippen molar-refractivity contribution in [2.24, 2.45) is 0 Å². The Hall–Kier alpha value is -2.34. The summed E-state index contributed by atoms with van der Waals surface area (Å²) in [5.74, 6) is -0.632. The van der Waals surface area contributed by atoms with E-state index in [-0.39, 0.29) is 11.8 Å². The molecule has 7 heteroatoms. The van der Waals surface area contributed by atoms with Gasteiger partial charge < -0.3 is 15.4 Å². The molecule has 0 aliphatic carbocycles. The number of ether oxygens (including phenoxy) is 1. The molecule has 0 fully saturated rings. The lowest BCUT2D eigenvalue weighted by Gasteiger charge is -2.10. The first-order valence-electron chi connectivity index (χ1n) is 8.31. The van der Waals surface area contributed by atoms with Gasteiger partial charge in [-0.3, -0.25) is 9.59 Å². The maximum Gasteiger partial charge on any atom is 0.253 e. The van der Waals surface area contributed by atoms with Crippen LogP contribution in [0.2, 0.25) is 10.0 Å². The second kappa shape index (κ2) is 10.7. The zero-order valence-electron chi connectivity index (χ0n) is 14.8. The third-order valence-corrected chi connectivity index (χ3v) is 4.18. The van der Waals surface area contributed by atoms with E-state index < -0.39 is 0 Å². The van der Waals surface area contributed by atoms with Gasteiger partial charge in [0.1, 0.15) is 0 Å². The number of para-hydroxylation sites is 1. The summed E-state index contributed by atoms with van der Waals surface area (Å²) in [6, 6.07) is 11.8. The lowest BCUT2D eigenvalue weighted by molar-refractivity contribution is -0.111. The third-order valence-electron chi connectivity index (χ3n) is 3.62. The first kappa shape index (κ1) is 21.0. The number of carbonyl (C=O) groups excluding carboxylic acids is 2. The SMILES string of the molecule is COCCCNC(=O)c1ccccc1NC(=O)/C=C/c1ccc(Cl)cc1Cl. The minimum absolute atomic E-state index is 0.258. The fraction of sp³-hybridized carbons (Fsp3) is 0.200. The Morgan fingerprint density at radius 3 is 2.67 bits per heavy atom. The maximum atomic E-state index is 12.3. The van der Waals surface area contributed by atoms with Gasteiger partial charge in [0.2, 0.25) is 5.91 Å². The molecule has 0 aromatic heterocycles. The van der Waals surface area contributed by atoms with Crippen molar-refractivity contribution in [3.8, 4) is 0 Å². The quantitative estimate of drug-likeness (QED) is 0.503. The van der Waals surface area contributed by atoms with Crippen LogP contribution in [0.5, 0.6) is 0 Å². The number of amides is 2. The van der Waals surface area contributed by atoms with E-state index in [0.717, 1.165) is 0 Å². The van der Waals surface area contributed by atoms with E-state index in [2.05, 4.69) is 10.6 Å². The van der Waals surface area contributed by atoms with E-state index in [4.69, 9.17) is 27.9 Å². The molecule has 0 saturated carbocycles. The predicted octanol–water partition coefficient (Wildman–Crippen LogP) is 4.41. The zero-order chi connectivity index (χ0) is 19.6. The Balaban J connectivity index is 2.03. The van der Waals surface area contributed by atoms with Crippen molar-refractivity contribution < 1.29 is 14.3 Å². The number of halogens is 2. The summed E-state index contributed by atoms with van der Waals surface area (Å²) in [7, 11) is 1.61. The van der Waals surface area contributed by atoms with Crippen LogP contribution < -0.4 is 10.6 Å². The van der Waals surface area contributed by atoms with Crippen molar-refractivity contribution >= 4 is 46.8 Å². The van der Waals surface area contributed by atoms with Gasteiger partial charge in [-0.1, -0.05) is 41.4 Å². The molecule has 2 aromatic rings. The molecular weight excluding hydrogens is 387 g/mol. The summed E-state index contributed by atoms with van der Waals surface area (Å²) in [5.41, 5.74) is 1.49. The summed E-state index contributed by atoms with van der Waals surface area (Å²) in [5, 5.41) is 6.48. The van der Waals surface area contributed by atoms with Gasteiger partial charge in [0.05, 0.1) is 11.3 Å². The molecule has 0 saturated heterocycles. The molecule has 0 radical (unpaired) electrons. The van der Waals surface area contributed by atoms with E-state index in [0.29, 0.717) is 46.4 Å². The minimum atomic E-state index is -0.374. The van der Waals surface area contributed by atoms with E-state index in [1.807, 2.05) is 0 Å². The number of hydrogen-bond acceptors (Lipinski definition) is 3. The Kier molecular flexibility index (Phi) is 8.33. The highest BCUT2D eigenvalue weighted by Crippen LogP contribution is 2.22. The van der Waals surface area contributed by atoms with Gasteiger partial charge in [-0.25, -0.2) is 0 Å². The lowest BCUT2D eigenvalue weighted by atomic mass is 10.1. The largest absolute Gasteiger partial charge is 0.385 e.